The number of nitrogens with zero attached hydrogens (tertiary/aromatic N) is 1. The van der Waals surface area contributed by atoms with E-state index in [0.717, 1.165) is 5.75 Å². The Morgan fingerprint density at radius 3 is 2.86 bits per heavy atom. The van der Waals surface area contributed by atoms with E-state index in [0.29, 0.717) is 17.5 Å². The van der Waals surface area contributed by atoms with Crippen LogP contribution in [0.25, 0.3) is 0 Å². The SMILES string of the molecule is CSCCC(=O)c1ccccc1C#N. The molecule has 3 heteroatoms. The molecule has 0 aromatic heterocycles. The summed E-state index contributed by atoms with van der Waals surface area (Å²) in [6, 6.07) is 8.96. The van der Waals surface area contributed by atoms with Crippen molar-refractivity contribution in [2.75, 3.05) is 12.0 Å². The lowest BCUT2D eigenvalue weighted by atomic mass is 10.0. The van der Waals surface area contributed by atoms with Crippen molar-refractivity contribution < 1.29 is 4.79 Å². The molecule has 1 aromatic carbocycles. The van der Waals surface area contributed by atoms with Crippen LogP contribution in [-0.2, 0) is 0 Å². The van der Waals surface area contributed by atoms with Gasteiger partial charge in [-0.05, 0) is 12.3 Å². The number of hydrogen-bond acceptors (Lipinski definition) is 3. The quantitative estimate of drug-likeness (QED) is 0.709. The zero-order valence-electron chi connectivity index (χ0n) is 7.99. The minimum Gasteiger partial charge on any atom is -0.294 e. The standard InChI is InChI=1S/C11H11NOS/c1-14-7-6-11(13)10-5-3-2-4-9(10)8-12/h2-5H,6-7H2,1H3. The van der Waals surface area contributed by atoms with Gasteiger partial charge in [0.25, 0.3) is 0 Å². The summed E-state index contributed by atoms with van der Waals surface area (Å²) in [4.78, 5) is 11.6. The Morgan fingerprint density at radius 2 is 2.21 bits per heavy atom. The first-order valence-corrected chi connectivity index (χ1v) is 5.70. The average Bonchev–Trinajstić information content (AvgIpc) is 2.25. The van der Waals surface area contributed by atoms with Crippen LogP contribution < -0.4 is 0 Å². The molecular formula is C11H11NOS. The molecule has 0 unspecified atom stereocenters. The fourth-order valence-corrected chi connectivity index (χ4v) is 1.54. The van der Waals surface area contributed by atoms with Crippen LogP contribution in [0.4, 0.5) is 0 Å². The predicted molar refractivity (Wildman–Crippen MR) is 58.5 cm³/mol. The molecular weight excluding hydrogens is 194 g/mol. The maximum atomic E-state index is 11.6. The number of hydrogen-bond donors (Lipinski definition) is 0. The predicted octanol–water partition coefficient (Wildman–Crippen LogP) is 2.49. The lowest BCUT2D eigenvalue weighted by Crippen LogP contribution is -2.02. The van der Waals surface area contributed by atoms with Crippen molar-refractivity contribution >= 4 is 17.5 Å². The van der Waals surface area contributed by atoms with Gasteiger partial charge in [0.1, 0.15) is 0 Å². The van der Waals surface area contributed by atoms with Crippen LogP contribution in [-0.4, -0.2) is 17.8 Å². The molecule has 1 rings (SSSR count). The normalized spacial score (nSPS) is 9.43. The summed E-state index contributed by atoms with van der Waals surface area (Å²) >= 11 is 1.63. The second-order valence-electron chi connectivity index (χ2n) is 2.82. The zero-order chi connectivity index (χ0) is 10.4. The van der Waals surface area contributed by atoms with Gasteiger partial charge in [-0.15, -0.1) is 0 Å². The summed E-state index contributed by atoms with van der Waals surface area (Å²) in [5, 5.41) is 8.79. The molecule has 14 heavy (non-hydrogen) atoms. The lowest BCUT2D eigenvalue weighted by Gasteiger charge is -2.01. The molecule has 0 aliphatic rings. The largest absolute Gasteiger partial charge is 0.294 e. The Balaban J connectivity index is 2.85. The third kappa shape index (κ3) is 2.61. The van der Waals surface area contributed by atoms with Crippen LogP contribution >= 0.6 is 11.8 Å². The average molecular weight is 205 g/mol. The Kier molecular flexibility index (Phi) is 4.21. The van der Waals surface area contributed by atoms with Crippen LogP contribution in [0.2, 0.25) is 0 Å². The number of carbonyl (C=O) groups excluding carboxylic acids is 1. The van der Waals surface area contributed by atoms with Crippen molar-refractivity contribution in [2.45, 2.75) is 6.42 Å². The van der Waals surface area contributed by atoms with Crippen LogP contribution in [0.5, 0.6) is 0 Å². The van der Waals surface area contributed by atoms with Gasteiger partial charge >= 0.3 is 0 Å². The molecule has 0 amide bonds. The molecule has 0 spiro atoms. The monoisotopic (exact) mass is 205 g/mol. The maximum Gasteiger partial charge on any atom is 0.165 e. The van der Waals surface area contributed by atoms with Gasteiger partial charge in [-0.3, -0.25) is 4.79 Å². The molecule has 0 saturated heterocycles. The molecule has 72 valence electrons. The van der Waals surface area contributed by atoms with Crippen LogP contribution in [0.15, 0.2) is 24.3 Å². The van der Waals surface area contributed by atoms with E-state index in [-0.39, 0.29) is 5.78 Å². The number of Topliss-reactive ketones (excluding diaryl/α,β-unsaturated/α-hetero) is 1. The van der Waals surface area contributed by atoms with E-state index in [1.54, 1.807) is 36.0 Å². The van der Waals surface area contributed by atoms with E-state index in [1.165, 1.54) is 0 Å². The van der Waals surface area contributed by atoms with Gasteiger partial charge in [-0.25, -0.2) is 0 Å². The Hall–Kier alpha value is -1.27. The van der Waals surface area contributed by atoms with Crippen molar-refractivity contribution in [1.29, 1.82) is 5.26 Å². The summed E-state index contributed by atoms with van der Waals surface area (Å²) < 4.78 is 0. The third-order valence-electron chi connectivity index (χ3n) is 1.88. The van der Waals surface area contributed by atoms with Crippen LogP contribution in [0.3, 0.4) is 0 Å². The molecule has 0 N–H and O–H groups in total. The topological polar surface area (TPSA) is 40.9 Å². The van der Waals surface area contributed by atoms with Crippen molar-refractivity contribution in [3.63, 3.8) is 0 Å². The fraction of sp³-hybridized carbons (Fsp3) is 0.273. The molecule has 0 fully saturated rings. The lowest BCUT2D eigenvalue weighted by molar-refractivity contribution is 0.0989. The second-order valence-corrected chi connectivity index (χ2v) is 3.81. The molecule has 2 nitrogen and oxygen atoms in total. The molecule has 0 radical (unpaired) electrons. The number of carbonyl (C=O) groups is 1. The van der Waals surface area contributed by atoms with Crippen molar-refractivity contribution in [3.05, 3.63) is 35.4 Å². The van der Waals surface area contributed by atoms with E-state index in [2.05, 4.69) is 0 Å². The minimum absolute atomic E-state index is 0.0523. The number of nitriles is 1. The molecule has 1 aromatic rings. The van der Waals surface area contributed by atoms with E-state index < -0.39 is 0 Å². The summed E-state index contributed by atoms with van der Waals surface area (Å²) in [5.41, 5.74) is 1.02. The van der Waals surface area contributed by atoms with E-state index in [4.69, 9.17) is 5.26 Å². The van der Waals surface area contributed by atoms with Gasteiger partial charge in [-0.2, -0.15) is 17.0 Å². The van der Waals surface area contributed by atoms with Crippen molar-refractivity contribution in [3.8, 4) is 6.07 Å². The highest BCUT2D eigenvalue weighted by Gasteiger charge is 2.09. The number of rotatable bonds is 4. The maximum absolute atomic E-state index is 11.6. The number of thioether (sulfide) groups is 1. The first-order chi connectivity index (χ1) is 6.79. The Labute approximate surface area is 87.9 Å². The molecule has 0 atom stereocenters. The van der Waals surface area contributed by atoms with E-state index in [9.17, 15) is 4.79 Å². The van der Waals surface area contributed by atoms with Crippen LogP contribution in [0.1, 0.15) is 22.3 Å². The van der Waals surface area contributed by atoms with Crippen molar-refractivity contribution in [1.82, 2.24) is 0 Å². The van der Waals surface area contributed by atoms with Crippen molar-refractivity contribution in [2.24, 2.45) is 0 Å². The highest BCUT2D eigenvalue weighted by atomic mass is 32.2. The van der Waals surface area contributed by atoms with E-state index >= 15 is 0 Å². The second kappa shape index (κ2) is 5.46. The third-order valence-corrected chi connectivity index (χ3v) is 2.49. The molecule has 0 saturated carbocycles. The van der Waals surface area contributed by atoms with Gasteiger partial charge < -0.3 is 0 Å². The smallest absolute Gasteiger partial charge is 0.165 e. The summed E-state index contributed by atoms with van der Waals surface area (Å²) in [6.07, 6.45) is 2.46. The van der Waals surface area contributed by atoms with E-state index in [1.807, 2.05) is 12.3 Å². The Morgan fingerprint density at radius 1 is 1.50 bits per heavy atom. The highest BCUT2D eigenvalue weighted by Crippen LogP contribution is 2.11. The molecule has 0 heterocycles. The summed E-state index contributed by atoms with van der Waals surface area (Å²) in [6.45, 7) is 0. The van der Waals surface area contributed by atoms with Gasteiger partial charge in [0.05, 0.1) is 11.6 Å². The Bertz CT molecular complexity index is 368. The zero-order valence-corrected chi connectivity index (χ0v) is 8.80. The minimum atomic E-state index is 0.0523. The van der Waals surface area contributed by atoms with Gasteiger partial charge in [-0.1, -0.05) is 18.2 Å². The van der Waals surface area contributed by atoms with Gasteiger partial charge in [0.2, 0.25) is 0 Å². The number of benzene rings is 1. The fourth-order valence-electron chi connectivity index (χ4n) is 1.15. The summed E-state index contributed by atoms with van der Waals surface area (Å²) in [7, 11) is 0. The highest BCUT2D eigenvalue weighted by molar-refractivity contribution is 7.98. The van der Waals surface area contributed by atoms with Gasteiger partial charge in [0, 0.05) is 17.7 Å². The molecule has 0 bridgehead atoms. The molecule has 0 aliphatic heterocycles. The first-order valence-electron chi connectivity index (χ1n) is 4.31. The summed E-state index contributed by atoms with van der Waals surface area (Å²) in [5.74, 6) is 0.856. The number of ketones is 1. The first kappa shape index (κ1) is 10.8. The van der Waals surface area contributed by atoms with Gasteiger partial charge in [0.15, 0.2) is 5.78 Å². The molecule has 0 aliphatic carbocycles. The van der Waals surface area contributed by atoms with Crippen LogP contribution in [0, 0.1) is 11.3 Å².